The number of nitrogens with one attached hydrogen (secondary N) is 1. The quantitative estimate of drug-likeness (QED) is 0.170. The topological polar surface area (TPSA) is 146 Å². The highest BCUT2D eigenvalue weighted by Crippen LogP contribution is 2.43. The molecular formula is C17H25N3O8S. The lowest BCUT2D eigenvalue weighted by atomic mass is 10.1. The molecule has 0 radical (unpaired) electrons. The van der Waals surface area contributed by atoms with Crippen LogP contribution in [0.5, 0.6) is 0 Å². The second-order valence-corrected chi connectivity index (χ2v) is 7.38. The van der Waals surface area contributed by atoms with Crippen LogP contribution in [0.1, 0.15) is 33.1 Å². The van der Waals surface area contributed by atoms with Gasteiger partial charge in [0.05, 0.1) is 18.4 Å². The number of amides is 3. The van der Waals surface area contributed by atoms with Gasteiger partial charge in [-0.1, -0.05) is 13.3 Å². The number of nitrogens with two attached hydrogens (primary N) is 1. The van der Waals surface area contributed by atoms with Crippen LogP contribution in [-0.2, 0) is 28.5 Å². The predicted octanol–water partition coefficient (Wildman–Crippen LogP) is 1.03. The Morgan fingerprint density at radius 1 is 1.24 bits per heavy atom. The average molecular weight is 431 g/mol. The first-order valence-corrected chi connectivity index (χ1v) is 10.1. The Kier molecular flexibility index (Phi) is 8.58. The zero-order chi connectivity index (χ0) is 21.4. The number of rotatable bonds is 10. The van der Waals surface area contributed by atoms with Crippen LogP contribution in [0.2, 0.25) is 0 Å². The maximum atomic E-state index is 12.6. The summed E-state index contributed by atoms with van der Waals surface area (Å²) in [4.78, 5) is 49.2. The molecule has 2 heterocycles. The van der Waals surface area contributed by atoms with E-state index in [0.717, 1.165) is 6.42 Å². The molecule has 3 amide bonds. The molecule has 2 rings (SSSR count). The van der Waals surface area contributed by atoms with Crippen LogP contribution in [-0.4, -0.2) is 66.3 Å². The van der Waals surface area contributed by atoms with Gasteiger partial charge in [-0.15, -0.1) is 11.8 Å². The fraction of sp³-hybridized carbons (Fsp3) is 0.647. The fourth-order valence-electron chi connectivity index (χ4n) is 2.63. The highest BCUT2D eigenvalue weighted by molar-refractivity contribution is 8.00. The van der Waals surface area contributed by atoms with Gasteiger partial charge >= 0.3 is 18.2 Å². The summed E-state index contributed by atoms with van der Waals surface area (Å²) >= 11 is 1.23. The molecule has 29 heavy (non-hydrogen) atoms. The molecule has 11 nitrogen and oxygen atoms in total. The van der Waals surface area contributed by atoms with Gasteiger partial charge in [-0.3, -0.25) is 9.69 Å². The first kappa shape index (κ1) is 22.8. The number of esters is 1. The zero-order valence-corrected chi connectivity index (χ0v) is 17.1. The second-order valence-electron chi connectivity index (χ2n) is 6.10. The molecule has 0 bridgehead atoms. The SMILES string of the molecule is CCCCOC(=O)NC1S[C@@H]2CC(=O)N2C(C(=O)OCOCC)=C1COC(N)=O. The number of alkyl carbamates (subject to hydrolysis) is 1. The van der Waals surface area contributed by atoms with Gasteiger partial charge in [0.25, 0.3) is 0 Å². The van der Waals surface area contributed by atoms with Crippen LogP contribution in [0, 0.1) is 0 Å². The van der Waals surface area contributed by atoms with Crippen LogP contribution in [0.4, 0.5) is 9.59 Å². The third-order valence-corrected chi connectivity index (χ3v) is 5.45. The van der Waals surface area contributed by atoms with Crippen molar-refractivity contribution in [2.24, 2.45) is 5.73 Å². The molecule has 3 N–H and O–H groups in total. The molecule has 2 aliphatic heterocycles. The summed E-state index contributed by atoms with van der Waals surface area (Å²) in [5.74, 6) is -1.11. The van der Waals surface area contributed by atoms with E-state index in [4.69, 9.17) is 24.7 Å². The van der Waals surface area contributed by atoms with Crippen LogP contribution in [0.15, 0.2) is 11.3 Å². The Morgan fingerprint density at radius 3 is 2.62 bits per heavy atom. The van der Waals surface area contributed by atoms with Gasteiger partial charge < -0.3 is 30.0 Å². The number of carbonyl (C=O) groups excluding carboxylic acids is 4. The van der Waals surface area contributed by atoms with Crippen molar-refractivity contribution in [1.82, 2.24) is 10.2 Å². The van der Waals surface area contributed by atoms with Crippen molar-refractivity contribution >= 4 is 35.8 Å². The monoisotopic (exact) mass is 431 g/mol. The van der Waals surface area contributed by atoms with E-state index in [2.05, 4.69) is 5.32 Å². The minimum absolute atomic E-state index is 0.0928. The van der Waals surface area contributed by atoms with Crippen molar-refractivity contribution in [2.75, 3.05) is 26.6 Å². The number of ether oxygens (including phenoxy) is 4. The molecule has 0 saturated carbocycles. The maximum absolute atomic E-state index is 12.6. The smallest absolute Gasteiger partial charge is 0.408 e. The highest BCUT2D eigenvalue weighted by atomic mass is 32.2. The Morgan fingerprint density at radius 2 is 2.00 bits per heavy atom. The van der Waals surface area contributed by atoms with E-state index in [1.165, 1.54) is 16.7 Å². The molecule has 0 aliphatic carbocycles. The standard InChI is InChI=1S/C17H25N3O8S/c1-3-5-6-26-17(24)19-14-10(8-27-16(18)23)13(15(22)28-9-25-4-2)20-11(21)7-12(20)29-14/h12,14H,3-9H2,1-2H3,(H2,18,23)(H,19,24)/t12-,14?/m1/s1. The summed E-state index contributed by atoms with van der Waals surface area (Å²) in [7, 11) is 0. The normalized spacial score (nSPS) is 20.5. The Hall–Kier alpha value is -2.47. The lowest BCUT2D eigenvalue weighted by Crippen LogP contribution is -2.58. The van der Waals surface area contributed by atoms with E-state index < -0.39 is 30.1 Å². The molecule has 1 saturated heterocycles. The highest BCUT2D eigenvalue weighted by Gasteiger charge is 2.49. The number of nitrogens with zero attached hydrogens (tertiary/aromatic N) is 1. The van der Waals surface area contributed by atoms with E-state index in [0.29, 0.717) is 13.0 Å². The van der Waals surface area contributed by atoms with E-state index in [9.17, 15) is 19.2 Å². The number of β-lactam (4-membered cyclic amide) rings is 1. The number of carbonyl (C=O) groups is 4. The Balaban J connectivity index is 2.26. The van der Waals surface area contributed by atoms with Gasteiger partial charge in [0.2, 0.25) is 5.91 Å². The third kappa shape index (κ3) is 6.00. The largest absolute Gasteiger partial charge is 0.450 e. The number of unbranched alkanes of at least 4 members (excludes halogenated alkanes) is 1. The third-order valence-electron chi connectivity index (χ3n) is 4.08. The van der Waals surface area contributed by atoms with E-state index in [1.54, 1.807) is 6.92 Å². The molecule has 0 aromatic rings. The van der Waals surface area contributed by atoms with Crippen LogP contribution in [0.25, 0.3) is 0 Å². The molecular weight excluding hydrogens is 406 g/mol. The Labute approximate surface area is 172 Å². The van der Waals surface area contributed by atoms with Crippen molar-refractivity contribution in [3.63, 3.8) is 0 Å². The number of hydrogen-bond acceptors (Lipinski definition) is 9. The number of hydrogen-bond donors (Lipinski definition) is 2. The van der Waals surface area contributed by atoms with Gasteiger partial charge in [-0.2, -0.15) is 0 Å². The molecule has 0 spiro atoms. The number of fused-ring (bicyclic) bond motifs is 1. The molecule has 12 heteroatoms. The summed E-state index contributed by atoms with van der Waals surface area (Å²) in [6.07, 6.45) is 0.0101. The number of primary amides is 1. The lowest BCUT2D eigenvalue weighted by Gasteiger charge is -2.46. The fourth-order valence-corrected chi connectivity index (χ4v) is 4.04. The van der Waals surface area contributed by atoms with Crippen LogP contribution < -0.4 is 11.1 Å². The van der Waals surface area contributed by atoms with Gasteiger partial charge in [0.15, 0.2) is 6.79 Å². The average Bonchev–Trinajstić information content (AvgIpc) is 2.66. The number of thioether (sulfide) groups is 1. The van der Waals surface area contributed by atoms with Gasteiger partial charge in [0.1, 0.15) is 17.7 Å². The van der Waals surface area contributed by atoms with Crippen molar-refractivity contribution in [1.29, 1.82) is 0 Å². The van der Waals surface area contributed by atoms with E-state index >= 15 is 0 Å². The van der Waals surface area contributed by atoms with Gasteiger partial charge in [-0.05, 0) is 13.3 Å². The summed E-state index contributed by atoms with van der Waals surface area (Å²) in [5.41, 5.74) is 5.12. The summed E-state index contributed by atoms with van der Waals surface area (Å²) in [5, 5.41) is 1.50. The van der Waals surface area contributed by atoms with Crippen LogP contribution >= 0.6 is 11.8 Å². The minimum atomic E-state index is -1.06. The lowest BCUT2D eigenvalue weighted by molar-refractivity contribution is -0.158. The molecule has 1 unspecified atom stereocenters. The first-order valence-electron chi connectivity index (χ1n) is 9.19. The predicted molar refractivity (Wildman–Crippen MR) is 101 cm³/mol. The summed E-state index contributed by atoms with van der Waals surface area (Å²) in [6, 6.07) is 0. The molecule has 1 fully saturated rings. The molecule has 2 aliphatic rings. The van der Waals surface area contributed by atoms with Crippen molar-refractivity contribution in [3.05, 3.63) is 11.3 Å². The van der Waals surface area contributed by atoms with Crippen LogP contribution in [0.3, 0.4) is 0 Å². The molecule has 0 aromatic carbocycles. The summed E-state index contributed by atoms with van der Waals surface area (Å²) in [6.45, 7) is 3.56. The van der Waals surface area contributed by atoms with Crippen molar-refractivity contribution < 1.29 is 38.1 Å². The van der Waals surface area contributed by atoms with E-state index in [-0.39, 0.29) is 42.4 Å². The van der Waals surface area contributed by atoms with E-state index in [1.807, 2.05) is 6.92 Å². The van der Waals surface area contributed by atoms with Crippen molar-refractivity contribution in [3.8, 4) is 0 Å². The zero-order valence-electron chi connectivity index (χ0n) is 16.3. The summed E-state index contributed by atoms with van der Waals surface area (Å²) < 4.78 is 20.0. The molecule has 0 aromatic heterocycles. The Bertz CT molecular complexity index is 684. The van der Waals surface area contributed by atoms with Gasteiger partial charge in [0, 0.05) is 12.2 Å². The first-order chi connectivity index (χ1) is 13.9. The van der Waals surface area contributed by atoms with Crippen molar-refractivity contribution in [2.45, 2.75) is 43.9 Å². The maximum Gasteiger partial charge on any atom is 0.408 e. The van der Waals surface area contributed by atoms with Gasteiger partial charge in [-0.25, -0.2) is 14.4 Å². The minimum Gasteiger partial charge on any atom is -0.450 e. The second kappa shape index (κ2) is 10.9. The molecule has 2 atom stereocenters. The molecule has 162 valence electrons.